The number of pyridine rings is 2. The number of aliphatic hydroxyl groups excluding tert-OH is 2. The molecule has 3 heterocycles. The number of carbonyl (C=O) groups excluding carboxylic acids is 1. The Kier molecular flexibility index (Phi) is 7.15. The number of fused-ring (bicyclic) bond motifs is 1. The number of rotatable bonds is 4. The number of nitrogens with zero attached hydrogens (tertiary/aromatic N) is 3. The van der Waals surface area contributed by atoms with E-state index in [0.29, 0.717) is 22.9 Å². The van der Waals surface area contributed by atoms with Crippen LogP contribution in [0.2, 0.25) is 0 Å². The van der Waals surface area contributed by atoms with Crippen LogP contribution in [0.25, 0.3) is 16.7 Å². The number of β-amino-alcohol motifs (C(OH)–C–C–N with tert-alkyl or cyclic N) is 2. The molecule has 210 valence electrons. The first-order valence-corrected chi connectivity index (χ1v) is 11.7. The lowest BCUT2D eigenvalue weighted by atomic mass is 9.86. The molecule has 2 aromatic heterocycles. The Hall–Kier alpha value is -3.65. The molecule has 0 saturated carbocycles. The van der Waals surface area contributed by atoms with Crippen LogP contribution >= 0.6 is 0 Å². The highest BCUT2D eigenvalue weighted by atomic mass is 19.4. The fourth-order valence-electron chi connectivity index (χ4n) is 4.42. The molecule has 8 nitrogen and oxygen atoms in total. The van der Waals surface area contributed by atoms with Crippen LogP contribution in [0.1, 0.15) is 31.1 Å². The Morgan fingerprint density at radius 3 is 2.13 bits per heavy atom. The van der Waals surface area contributed by atoms with Gasteiger partial charge in [0.25, 0.3) is 5.91 Å². The van der Waals surface area contributed by atoms with Crippen molar-refractivity contribution in [3.63, 3.8) is 0 Å². The van der Waals surface area contributed by atoms with Gasteiger partial charge >= 0.3 is 6.18 Å². The molecular formula is C25H24F6N4O4. The van der Waals surface area contributed by atoms with E-state index in [1.54, 1.807) is 5.32 Å². The van der Waals surface area contributed by atoms with Crippen LogP contribution in [0.5, 0.6) is 0 Å². The van der Waals surface area contributed by atoms with Gasteiger partial charge < -0.3 is 20.4 Å². The van der Waals surface area contributed by atoms with E-state index < -0.39 is 75.5 Å². The maximum Gasteiger partial charge on any atom is 0.409 e. The lowest BCUT2D eigenvalue weighted by Crippen LogP contribution is -2.53. The molecule has 0 bridgehead atoms. The molecule has 0 unspecified atom stereocenters. The Labute approximate surface area is 217 Å². The molecule has 3 aromatic rings. The number of aromatic nitrogens is 2. The molecule has 14 heteroatoms. The summed E-state index contributed by atoms with van der Waals surface area (Å²) in [7, 11) is 0. The van der Waals surface area contributed by atoms with E-state index in [2.05, 4.69) is 4.98 Å². The van der Waals surface area contributed by atoms with Gasteiger partial charge in [-0.05, 0) is 17.5 Å². The summed E-state index contributed by atoms with van der Waals surface area (Å²) in [5.74, 6) is -5.51. The molecule has 1 saturated heterocycles. The van der Waals surface area contributed by atoms with Crippen LogP contribution < -0.4 is 15.6 Å². The quantitative estimate of drug-likeness (QED) is 0.425. The molecular weight excluding hydrogens is 534 g/mol. The summed E-state index contributed by atoms with van der Waals surface area (Å²) in [4.78, 5) is 31.9. The lowest BCUT2D eigenvalue weighted by Gasteiger charge is -2.33. The van der Waals surface area contributed by atoms with Gasteiger partial charge in [0.1, 0.15) is 28.9 Å². The molecule has 0 radical (unpaired) electrons. The molecule has 4 rings (SSSR count). The fourth-order valence-corrected chi connectivity index (χ4v) is 4.42. The summed E-state index contributed by atoms with van der Waals surface area (Å²) in [6.07, 6.45) is -6.49. The van der Waals surface area contributed by atoms with E-state index in [0.717, 1.165) is 6.07 Å². The minimum absolute atomic E-state index is 0.0602. The van der Waals surface area contributed by atoms with Crippen molar-refractivity contribution in [2.45, 2.75) is 45.2 Å². The number of halogens is 6. The number of nitrogens with one attached hydrogen (secondary N) is 1. The van der Waals surface area contributed by atoms with Crippen LogP contribution in [0.4, 0.5) is 32.2 Å². The van der Waals surface area contributed by atoms with Crippen LogP contribution in [-0.4, -0.2) is 63.2 Å². The smallest absolute Gasteiger partial charge is 0.389 e. The number of hydrogen-bond donors (Lipinski definition) is 3. The predicted molar refractivity (Wildman–Crippen MR) is 128 cm³/mol. The van der Waals surface area contributed by atoms with E-state index in [4.69, 9.17) is 0 Å². The number of hydrogen-bond acceptors (Lipinski definition) is 6. The van der Waals surface area contributed by atoms with Gasteiger partial charge in [-0.25, -0.2) is 18.2 Å². The molecule has 3 N–H and O–H groups in total. The van der Waals surface area contributed by atoms with E-state index in [9.17, 15) is 46.1 Å². The van der Waals surface area contributed by atoms with Gasteiger partial charge in [0.2, 0.25) is 5.43 Å². The normalized spacial score (nSPS) is 19.0. The Morgan fingerprint density at radius 2 is 1.62 bits per heavy atom. The largest absolute Gasteiger partial charge is 0.409 e. The highest BCUT2D eigenvalue weighted by molar-refractivity contribution is 5.97. The highest BCUT2D eigenvalue weighted by Crippen LogP contribution is 2.33. The summed E-state index contributed by atoms with van der Waals surface area (Å²) >= 11 is 0. The van der Waals surface area contributed by atoms with Crippen molar-refractivity contribution in [2.75, 3.05) is 18.0 Å². The Balaban J connectivity index is 1.95. The number of alkyl halides is 3. The van der Waals surface area contributed by atoms with Crippen molar-refractivity contribution in [3.05, 3.63) is 63.7 Å². The molecule has 39 heavy (non-hydrogen) atoms. The van der Waals surface area contributed by atoms with Gasteiger partial charge in [-0.2, -0.15) is 13.2 Å². The van der Waals surface area contributed by atoms with Gasteiger partial charge in [-0.3, -0.25) is 14.2 Å². The van der Waals surface area contributed by atoms with Crippen molar-refractivity contribution in [1.82, 2.24) is 14.9 Å². The van der Waals surface area contributed by atoms with Gasteiger partial charge in [0.05, 0.1) is 17.6 Å². The SMILES string of the molecule is CC(C)(C)[C@H](NC(=O)c1cn(-c2c(F)cc(F)cc2F)c2nc(N3C[C@@H](O)[C@H](O)C3)ccc2c1=O)C(F)(F)F. The Morgan fingerprint density at radius 1 is 1.05 bits per heavy atom. The maximum atomic E-state index is 14.9. The van der Waals surface area contributed by atoms with Gasteiger partial charge in [0, 0.05) is 31.4 Å². The van der Waals surface area contributed by atoms with Crippen molar-refractivity contribution in [1.29, 1.82) is 0 Å². The summed E-state index contributed by atoms with van der Waals surface area (Å²) in [6, 6.07) is 0.741. The first kappa shape index (κ1) is 28.4. The second kappa shape index (κ2) is 9.83. The summed E-state index contributed by atoms with van der Waals surface area (Å²) in [5.41, 5.74) is -4.80. The number of anilines is 1. The third-order valence-electron chi connectivity index (χ3n) is 6.36. The van der Waals surface area contributed by atoms with Gasteiger partial charge in [-0.15, -0.1) is 0 Å². The first-order valence-electron chi connectivity index (χ1n) is 11.7. The van der Waals surface area contributed by atoms with Crippen LogP contribution in [0.15, 0.2) is 35.3 Å². The molecule has 1 fully saturated rings. The van der Waals surface area contributed by atoms with Crippen molar-refractivity contribution in [2.24, 2.45) is 5.41 Å². The highest BCUT2D eigenvalue weighted by Gasteiger charge is 2.48. The lowest BCUT2D eigenvalue weighted by molar-refractivity contribution is -0.174. The zero-order chi connectivity index (χ0) is 29.0. The maximum absolute atomic E-state index is 14.9. The summed E-state index contributed by atoms with van der Waals surface area (Å²) < 4.78 is 85.1. The first-order chi connectivity index (χ1) is 18.0. The average Bonchev–Trinajstić information content (AvgIpc) is 3.14. The summed E-state index contributed by atoms with van der Waals surface area (Å²) in [6.45, 7) is 3.56. The third-order valence-corrected chi connectivity index (χ3v) is 6.36. The standard InChI is InChI=1S/C25H24F6N4O4/c1-24(2,3)23(25(29,30)31)33-22(39)13-8-35(19-14(27)6-11(26)7-15(19)28)21-12(20(13)38)4-5-18(32-21)34-9-16(36)17(37)10-34/h4-8,16-17,23,36-37H,9-10H2,1-3H3,(H,33,39)/t16-,17-,23+/m1/s1. The van der Waals surface area contributed by atoms with E-state index >= 15 is 0 Å². The fraction of sp³-hybridized carbons (Fsp3) is 0.400. The monoisotopic (exact) mass is 558 g/mol. The van der Waals surface area contributed by atoms with Crippen LogP contribution in [0.3, 0.4) is 0 Å². The predicted octanol–water partition coefficient (Wildman–Crippen LogP) is 3.05. The minimum atomic E-state index is -4.89. The molecule has 1 aliphatic heterocycles. The average molecular weight is 558 g/mol. The zero-order valence-electron chi connectivity index (χ0n) is 20.9. The number of carbonyl (C=O) groups is 1. The third kappa shape index (κ3) is 5.43. The van der Waals surface area contributed by atoms with E-state index in [1.807, 2.05) is 0 Å². The molecule has 1 amide bonds. The van der Waals surface area contributed by atoms with Crippen LogP contribution in [-0.2, 0) is 0 Å². The van der Waals surface area contributed by atoms with Crippen molar-refractivity contribution < 1.29 is 41.4 Å². The number of aliphatic hydroxyl groups is 2. The van der Waals surface area contributed by atoms with E-state index in [-0.39, 0.29) is 24.3 Å². The molecule has 0 aliphatic carbocycles. The van der Waals surface area contributed by atoms with Crippen LogP contribution in [0, 0.1) is 22.9 Å². The van der Waals surface area contributed by atoms with Gasteiger partial charge in [0.15, 0.2) is 17.3 Å². The van der Waals surface area contributed by atoms with Crippen molar-refractivity contribution >= 4 is 22.8 Å². The summed E-state index contributed by atoms with van der Waals surface area (Å²) in [5, 5.41) is 21.1. The molecule has 3 atom stereocenters. The zero-order valence-corrected chi connectivity index (χ0v) is 20.9. The molecule has 1 aromatic carbocycles. The Bertz CT molecular complexity index is 1450. The molecule has 1 aliphatic rings. The number of benzene rings is 1. The molecule has 0 spiro atoms. The second-order valence-electron chi connectivity index (χ2n) is 10.4. The second-order valence-corrected chi connectivity index (χ2v) is 10.4. The number of amides is 1. The van der Waals surface area contributed by atoms with E-state index in [1.165, 1.54) is 31.7 Å². The minimum Gasteiger partial charge on any atom is -0.389 e. The van der Waals surface area contributed by atoms with Gasteiger partial charge in [-0.1, -0.05) is 20.8 Å². The van der Waals surface area contributed by atoms with Crippen molar-refractivity contribution in [3.8, 4) is 5.69 Å². The topological polar surface area (TPSA) is 108 Å².